The highest BCUT2D eigenvalue weighted by Gasteiger charge is 2.08. The molecule has 5 heteroatoms. The summed E-state index contributed by atoms with van der Waals surface area (Å²) in [6.45, 7) is 6.93. The second-order valence-corrected chi connectivity index (χ2v) is 6.89. The quantitative estimate of drug-likeness (QED) is 0.647. The van der Waals surface area contributed by atoms with Gasteiger partial charge in [-0.15, -0.1) is 0 Å². The Morgan fingerprint density at radius 1 is 1.00 bits per heavy atom. The lowest BCUT2D eigenvalue weighted by molar-refractivity contribution is -0.116. The van der Waals surface area contributed by atoms with E-state index in [4.69, 9.17) is 4.74 Å². The van der Waals surface area contributed by atoms with Gasteiger partial charge < -0.3 is 15.4 Å². The van der Waals surface area contributed by atoms with Crippen LogP contribution in [0, 0.1) is 5.92 Å². The molecule has 0 heterocycles. The van der Waals surface area contributed by atoms with Gasteiger partial charge in [-0.25, -0.2) is 0 Å². The van der Waals surface area contributed by atoms with Crippen molar-refractivity contribution in [2.75, 3.05) is 17.2 Å². The summed E-state index contributed by atoms with van der Waals surface area (Å²) in [5, 5.41) is 5.67. The minimum absolute atomic E-state index is 0.0333. The van der Waals surface area contributed by atoms with Crippen molar-refractivity contribution in [2.45, 2.75) is 40.0 Å². The topological polar surface area (TPSA) is 67.4 Å². The van der Waals surface area contributed by atoms with Crippen molar-refractivity contribution in [3.8, 4) is 5.75 Å². The van der Waals surface area contributed by atoms with Crippen molar-refractivity contribution in [3.63, 3.8) is 0 Å². The maximum absolute atomic E-state index is 12.4. The average Bonchev–Trinajstić information content (AvgIpc) is 2.62. The van der Waals surface area contributed by atoms with Crippen molar-refractivity contribution < 1.29 is 14.3 Å². The Balaban J connectivity index is 1.93. The standard InChI is InChI=1S/C22H28N2O3/c1-4-6-21(25)23-18-7-5-8-19(15-18)24-22(26)17-9-11-20(12-10-17)27-14-13-16(2)3/h5,7-12,15-16H,4,6,13-14H2,1-3H3,(H,23,25)(H,24,26). The number of rotatable bonds is 9. The van der Waals surface area contributed by atoms with Crippen molar-refractivity contribution in [1.82, 2.24) is 0 Å². The van der Waals surface area contributed by atoms with E-state index in [0.717, 1.165) is 18.6 Å². The summed E-state index contributed by atoms with van der Waals surface area (Å²) in [7, 11) is 0. The molecule has 0 radical (unpaired) electrons. The van der Waals surface area contributed by atoms with Crippen LogP contribution in [0.5, 0.6) is 5.75 Å². The SMILES string of the molecule is CCCC(=O)Nc1cccc(NC(=O)c2ccc(OCCC(C)C)cc2)c1. The lowest BCUT2D eigenvalue weighted by Crippen LogP contribution is -2.13. The van der Waals surface area contributed by atoms with Gasteiger partial charge in [0.1, 0.15) is 5.75 Å². The van der Waals surface area contributed by atoms with Gasteiger partial charge in [-0.2, -0.15) is 0 Å². The number of nitrogens with one attached hydrogen (secondary N) is 2. The van der Waals surface area contributed by atoms with Crippen LogP contribution >= 0.6 is 0 Å². The summed E-state index contributed by atoms with van der Waals surface area (Å²) in [5.74, 6) is 1.11. The van der Waals surface area contributed by atoms with Gasteiger partial charge in [0, 0.05) is 23.4 Å². The van der Waals surface area contributed by atoms with Crippen molar-refractivity contribution >= 4 is 23.2 Å². The van der Waals surface area contributed by atoms with E-state index in [1.54, 1.807) is 48.5 Å². The number of anilines is 2. The van der Waals surface area contributed by atoms with Crippen LogP contribution in [0.3, 0.4) is 0 Å². The Hall–Kier alpha value is -2.82. The highest BCUT2D eigenvalue weighted by Crippen LogP contribution is 2.18. The Labute approximate surface area is 161 Å². The first-order valence-electron chi connectivity index (χ1n) is 9.42. The number of carbonyl (C=O) groups excluding carboxylic acids is 2. The second-order valence-electron chi connectivity index (χ2n) is 6.89. The zero-order chi connectivity index (χ0) is 19.6. The third kappa shape index (κ3) is 7.13. The molecule has 0 bridgehead atoms. The molecule has 2 aromatic carbocycles. The molecular formula is C22H28N2O3. The minimum atomic E-state index is -0.208. The summed E-state index contributed by atoms with van der Waals surface area (Å²) in [6, 6.07) is 14.2. The average molecular weight is 368 g/mol. The van der Waals surface area contributed by atoms with Gasteiger partial charge in [-0.3, -0.25) is 9.59 Å². The number of benzene rings is 2. The molecule has 0 atom stereocenters. The van der Waals surface area contributed by atoms with Gasteiger partial charge in [0.05, 0.1) is 6.61 Å². The van der Waals surface area contributed by atoms with Gasteiger partial charge in [0.25, 0.3) is 5.91 Å². The van der Waals surface area contributed by atoms with E-state index in [0.29, 0.717) is 35.9 Å². The first-order valence-corrected chi connectivity index (χ1v) is 9.42. The molecule has 0 spiro atoms. The zero-order valence-electron chi connectivity index (χ0n) is 16.2. The highest BCUT2D eigenvalue weighted by molar-refractivity contribution is 6.04. The molecule has 0 aliphatic carbocycles. The van der Waals surface area contributed by atoms with Crippen LogP contribution in [-0.4, -0.2) is 18.4 Å². The highest BCUT2D eigenvalue weighted by atomic mass is 16.5. The van der Waals surface area contributed by atoms with Crippen LogP contribution < -0.4 is 15.4 Å². The third-order valence-electron chi connectivity index (χ3n) is 3.96. The number of hydrogen-bond donors (Lipinski definition) is 2. The monoisotopic (exact) mass is 368 g/mol. The Morgan fingerprint density at radius 3 is 2.30 bits per heavy atom. The lowest BCUT2D eigenvalue weighted by atomic mass is 10.1. The van der Waals surface area contributed by atoms with Gasteiger partial charge in [-0.1, -0.05) is 26.8 Å². The van der Waals surface area contributed by atoms with E-state index >= 15 is 0 Å². The zero-order valence-corrected chi connectivity index (χ0v) is 16.2. The maximum Gasteiger partial charge on any atom is 0.255 e. The van der Waals surface area contributed by atoms with Crippen LogP contribution in [-0.2, 0) is 4.79 Å². The van der Waals surface area contributed by atoms with E-state index in [9.17, 15) is 9.59 Å². The summed E-state index contributed by atoms with van der Waals surface area (Å²) in [6.07, 6.45) is 2.26. The smallest absolute Gasteiger partial charge is 0.255 e. The van der Waals surface area contributed by atoms with Crippen molar-refractivity contribution in [1.29, 1.82) is 0 Å². The molecule has 144 valence electrons. The van der Waals surface area contributed by atoms with Gasteiger partial charge in [0.15, 0.2) is 0 Å². The third-order valence-corrected chi connectivity index (χ3v) is 3.96. The number of hydrogen-bond acceptors (Lipinski definition) is 3. The molecule has 5 nitrogen and oxygen atoms in total. The molecule has 0 saturated heterocycles. The van der Waals surface area contributed by atoms with Crippen LogP contribution in [0.1, 0.15) is 50.4 Å². The van der Waals surface area contributed by atoms with Crippen molar-refractivity contribution in [2.24, 2.45) is 5.92 Å². The molecule has 0 aliphatic rings. The molecule has 0 saturated carbocycles. The predicted molar refractivity (Wildman–Crippen MR) is 109 cm³/mol. The Kier molecular flexibility index (Phi) is 7.86. The van der Waals surface area contributed by atoms with Crippen molar-refractivity contribution in [3.05, 3.63) is 54.1 Å². The first kappa shape index (κ1) is 20.5. The maximum atomic E-state index is 12.4. The van der Waals surface area contributed by atoms with Crippen LogP contribution in [0.25, 0.3) is 0 Å². The van der Waals surface area contributed by atoms with Gasteiger partial charge >= 0.3 is 0 Å². The second kappa shape index (κ2) is 10.4. The molecule has 2 rings (SSSR count). The summed E-state index contributed by atoms with van der Waals surface area (Å²) >= 11 is 0. The molecular weight excluding hydrogens is 340 g/mol. The predicted octanol–water partition coefficient (Wildman–Crippen LogP) is 5.10. The normalized spacial score (nSPS) is 10.5. The fourth-order valence-electron chi connectivity index (χ4n) is 2.44. The Morgan fingerprint density at radius 2 is 1.67 bits per heavy atom. The fraction of sp³-hybridized carbons (Fsp3) is 0.364. The van der Waals surface area contributed by atoms with Crippen LogP contribution in [0.2, 0.25) is 0 Å². The Bertz CT molecular complexity index is 754. The lowest BCUT2D eigenvalue weighted by Gasteiger charge is -2.10. The van der Waals surface area contributed by atoms with E-state index < -0.39 is 0 Å². The van der Waals surface area contributed by atoms with Crippen LogP contribution in [0.15, 0.2) is 48.5 Å². The van der Waals surface area contributed by atoms with E-state index in [2.05, 4.69) is 24.5 Å². The summed E-state index contributed by atoms with van der Waals surface area (Å²) in [4.78, 5) is 24.1. The molecule has 2 N–H and O–H groups in total. The molecule has 0 aromatic heterocycles. The molecule has 2 aromatic rings. The first-order chi connectivity index (χ1) is 13.0. The van der Waals surface area contributed by atoms with E-state index in [1.165, 1.54) is 0 Å². The number of ether oxygens (including phenoxy) is 1. The van der Waals surface area contributed by atoms with Gasteiger partial charge in [-0.05, 0) is 61.2 Å². The number of amides is 2. The molecule has 0 fully saturated rings. The number of carbonyl (C=O) groups is 2. The van der Waals surface area contributed by atoms with Crippen LogP contribution in [0.4, 0.5) is 11.4 Å². The largest absolute Gasteiger partial charge is 0.494 e. The molecule has 0 aliphatic heterocycles. The van der Waals surface area contributed by atoms with E-state index in [1.807, 2.05) is 6.92 Å². The molecule has 2 amide bonds. The summed E-state index contributed by atoms with van der Waals surface area (Å²) in [5.41, 5.74) is 1.85. The summed E-state index contributed by atoms with van der Waals surface area (Å²) < 4.78 is 5.67. The fourth-order valence-corrected chi connectivity index (χ4v) is 2.44. The molecule has 27 heavy (non-hydrogen) atoms. The van der Waals surface area contributed by atoms with Gasteiger partial charge in [0.2, 0.25) is 5.91 Å². The van der Waals surface area contributed by atoms with E-state index in [-0.39, 0.29) is 11.8 Å². The minimum Gasteiger partial charge on any atom is -0.494 e. The molecule has 0 unspecified atom stereocenters.